The number of nitrogens with one attached hydrogen (secondary N) is 3. The van der Waals surface area contributed by atoms with Gasteiger partial charge in [-0.25, -0.2) is 4.79 Å². The number of hydrogen-bond acceptors (Lipinski definition) is 8. The molecule has 2 aromatic carbocycles. The largest absolute Gasteiger partial charge is 0.508 e. The molecule has 0 aliphatic rings. The topological polar surface area (TPSA) is 217 Å². The molecular formula is C27H37N5O7. The van der Waals surface area contributed by atoms with Crippen molar-refractivity contribution in [3.05, 3.63) is 65.7 Å². The highest BCUT2D eigenvalue weighted by Crippen LogP contribution is 2.12. The first kappa shape index (κ1) is 31.2. The van der Waals surface area contributed by atoms with E-state index in [-0.39, 0.29) is 25.0 Å². The maximum atomic E-state index is 13.3. The van der Waals surface area contributed by atoms with E-state index >= 15 is 0 Å². The van der Waals surface area contributed by atoms with Crippen LogP contribution in [0.2, 0.25) is 0 Å². The van der Waals surface area contributed by atoms with E-state index < -0.39 is 54.5 Å². The molecule has 2 rings (SSSR count). The van der Waals surface area contributed by atoms with E-state index in [9.17, 15) is 34.5 Å². The summed E-state index contributed by atoms with van der Waals surface area (Å²) in [6.07, 6.45) is 1.32. The lowest BCUT2D eigenvalue weighted by Crippen LogP contribution is -2.58. The smallest absolute Gasteiger partial charge is 0.326 e. The second-order valence-electron chi connectivity index (χ2n) is 9.16. The van der Waals surface area contributed by atoms with Crippen molar-refractivity contribution in [3.63, 3.8) is 0 Å². The molecule has 0 aliphatic carbocycles. The normalized spacial score (nSPS) is 13.9. The molecule has 12 nitrogen and oxygen atoms in total. The second kappa shape index (κ2) is 16.1. The van der Waals surface area contributed by atoms with Crippen molar-refractivity contribution in [1.82, 2.24) is 16.0 Å². The number of carboxylic acid groups (broad SMARTS) is 1. The first-order valence-electron chi connectivity index (χ1n) is 12.7. The first-order valence-corrected chi connectivity index (χ1v) is 12.7. The fourth-order valence-electron chi connectivity index (χ4n) is 3.79. The molecule has 0 heterocycles. The zero-order chi connectivity index (χ0) is 28.8. The van der Waals surface area contributed by atoms with E-state index in [2.05, 4.69) is 16.0 Å². The van der Waals surface area contributed by atoms with Crippen LogP contribution in [0.3, 0.4) is 0 Å². The molecule has 4 unspecified atom stereocenters. The number of amides is 3. The Morgan fingerprint density at radius 3 is 1.87 bits per heavy atom. The van der Waals surface area contributed by atoms with Crippen molar-refractivity contribution in [2.24, 2.45) is 11.5 Å². The average Bonchev–Trinajstić information content (AvgIpc) is 2.92. The van der Waals surface area contributed by atoms with Gasteiger partial charge in [-0.05, 0) is 49.1 Å². The van der Waals surface area contributed by atoms with E-state index in [1.54, 1.807) is 42.5 Å². The van der Waals surface area contributed by atoms with Gasteiger partial charge < -0.3 is 42.7 Å². The molecule has 0 fully saturated rings. The van der Waals surface area contributed by atoms with Crippen molar-refractivity contribution < 1.29 is 34.5 Å². The lowest BCUT2D eigenvalue weighted by molar-refractivity contribution is -0.142. The minimum Gasteiger partial charge on any atom is -0.508 e. The van der Waals surface area contributed by atoms with Gasteiger partial charge in [0.15, 0.2) is 0 Å². The van der Waals surface area contributed by atoms with Crippen LogP contribution in [-0.2, 0) is 32.0 Å². The Bertz CT molecular complexity index is 1080. The standard InChI is InChI=1S/C27H37N5O7/c28-13-5-4-8-21(30-24(35)20(29)16-33)25(36)31-22(14-17-6-2-1-3-7-17)26(37)32-23(27(38)39)15-18-9-11-19(34)12-10-18/h1-3,6-7,9-12,20-23,33-34H,4-5,8,13-16,28-29H2,(H,30,35)(H,31,36)(H,32,37)(H,38,39). The van der Waals surface area contributed by atoms with E-state index in [0.717, 1.165) is 5.56 Å². The predicted molar refractivity (Wildman–Crippen MR) is 143 cm³/mol. The molecule has 0 bridgehead atoms. The summed E-state index contributed by atoms with van der Waals surface area (Å²) in [4.78, 5) is 50.8. The number of nitrogens with two attached hydrogens (primary N) is 2. The Balaban J connectivity index is 2.24. The molecule has 212 valence electrons. The van der Waals surface area contributed by atoms with Gasteiger partial charge in [-0.3, -0.25) is 14.4 Å². The summed E-state index contributed by atoms with van der Waals surface area (Å²) in [6.45, 7) is -0.227. The molecule has 0 spiro atoms. The number of aliphatic carboxylic acids is 1. The number of phenols is 1. The molecule has 39 heavy (non-hydrogen) atoms. The summed E-state index contributed by atoms with van der Waals surface area (Å²) in [6, 6.07) is 10.0. The number of aromatic hydroxyl groups is 1. The summed E-state index contributed by atoms with van der Waals surface area (Å²) in [5, 5.41) is 36.0. The Morgan fingerprint density at radius 2 is 1.28 bits per heavy atom. The highest BCUT2D eigenvalue weighted by Gasteiger charge is 2.30. The van der Waals surface area contributed by atoms with E-state index in [1.807, 2.05) is 0 Å². The van der Waals surface area contributed by atoms with E-state index in [0.29, 0.717) is 24.9 Å². The van der Waals surface area contributed by atoms with Gasteiger partial charge in [0.2, 0.25) is 17.7 Å². The SMILES string of the molecule is NCCCCC(NC(=O)C(N)CO)C(=O)NC(Cc1ccccc1)C(=O)NC(Cc1ccc(O)cc1)C(=O)O. The van der Waals surface area contributed by atoms with Crippen molar-refractivity contribution in [3.8, 4) is 5.75 Å². The Morgan fingerprint density at radius 1 is 0.744 bits per heavy atom. The molecule has 4 atom stereocenters. The maximum absolute atomic E-state index is 13.3. The van der Waals surface area contributed by atoms with Gasteiger partial charge in [0.25, 0.3) is 0 Å². The van der Waals surface area contributed by atoms with Crippen LogP contribution in [0.5, 0.6) is 5.75 Å². The monoisotopic (exact) mass is 543 g/mol. The number of carbonyl (C=O) groups is 4. The summed E-state index contributed by atoms with van der Waals surface area (Å²) in [5.41, 5.74) is 12.4. The Hall–Kier alpha value is -4.00. The van der Waals surface area contributed by atoms with Crippen molar-refractivity contribution in [2.45, 2.75) is 56.3 Å². The minimum absolute atomic E-state index is 0.0216. The van der Waals surface area contributed by atoms with E-state index in [4.69, 9.17) is 11.5 Å². The van der Waals surface area contributed by atoms with Crippen molar-refractivity contribution in [2.75, 3.05) is 13.2 Å². The van der Waals surface area contributed by atoms with Crippen LogP contribution in [0.25, 0.3) is 0 Å². The van der Waals surface area contributed by atoms with Crippen LogP contribution in [-0.4, -0.2) is 76.3 Å². The van der Waals surface area contributed by atoms with Crippen LogP contribution in [0.15, 0.2) is 54.6 Å². The number of carbonyl (C=O) groups excluding carboxylic acids is 3. The van der Waals surface area contributed by atoms with Gasteiger partial charge in [0.1, 0.15) is 29.9 Å². The number of aliphatic hydroxyl groups is 1. The third kappa shape index (κ3) is 10.7. The number of hydrogen-bond donors (Lipinski definition) is 8. The quantitative estimate of drug-likeness (QED) is 0.124. The predicted octanol–water partition coefficient (Wildman–Crippen LogP) is -0.835. The van der Waals surface area contributed by atoms with Crippen LogP contribution in [0.4, 0.5) is 0 Å². The van der Waals surface area contributed by atoms with Gasteiger partial charge in [-0.1, -0.05) is 42.5 Å². The van der Waals surface area contributed by atoms with Crippen LogP contribution >= 0.6 is 0 Å². The summed E-state index contributed by atoms with van der Waals surface area (Å²) in [7, 11) is 0. The second-order valence-corrected chi connectivity index (χ2v) is 9.16. The molecule has 0 aromatic heterocycles. The number of aliphatic hydroxyl groups excluding tert-OH is 1. The molecule has 10 N–H and O–H groups in total. The number of rotatable bonds is 16. The van der Waals surface area contributed by atoms with Crippen LogP contribution < -0.4 is 27.4 Å². The Kier molecular flexibility index (Phi) is 12.9. The van der Waals surface area contributed by atoms with Crippen LogP contribution in [0.1, 0.15) is 30.4 Å². The summed E-state index contributed by atoms with van der Waals surface area (Å²) >= 11 is 0. The molecule has 3 amide bonds. The van der Waals surface area contributed by atoms with Gasteiger partial charge in [-0.15, -0.1) is 0 Å². The molecule has 0 aliphatic heterocycles. The minimum atomic E-state index is -1.31. The van der Waals surface area contributed by atoms with Gasteiger partial charge in [-0.2, -0.15) is 0 Å². The molecule has 2 aromatic rings. The molecule has 0 saturated heterocycles. The zero-order valence-corrected chi connectivity index (χ0v) is 21.6. The lowest BCUT2D eigenvalue weighted by Gasteiger charge is -2.25. The summed E-state index contributed by atoms with van der Waals surface area (Å²) < 4.78 is 0. The third-order valence-electron chi connectivity index (χ3n) is 6.02. The lowest BCUT2D eigenvalue weighted by atomic mass is 10.0. The van der Waals surface area contributed by atoms with Crippen LogP contribution in [0, 0.1) is 0 Å². The highest BCUT2D eigenvalue weighted by molar-refractivity contribution is 5.94. The fourth-order valence-corrected chi connectivity index (χ4v) is 3.79. The molecule has 0 saturated carbocycles. The number of phenolic OH excluding ortho intramolecular Hbond substituents is 1. The summed E-state index contributed by atoms with van der Waals surface area (Å²) in [5.74, 6) is -3.36. The fraction of sp³-hybridized carbons (Fsp3) is 0.407. The highest BCUT2D eigenvalue weighted by atomic mass is 16.4. The number of carboxylic acids is 1. The molecule has 12 heteroatoms. The van der Waals surface area contributed by atoms with E-state index in [1.165, 1.54) is 12.1 Å². The molecular weight excluding hydrogens is 506 g/mol. The zero-order valence-electron chi connectivity index (χ0n) is 21.6. The van der Waals surface area contributed by atoms with Crippen molar-refractivity contribution in [1.29, 1.82) is 0 Å². The third-order valence-corrected chi connectivity index (χ3v) is 6.02. The Labute approximate surface area is 226 Å². The van der Waals surface area contributed by atoms with Gasteiger partial charge in [0.05, 0.1) is 6.61 Å². The van der Waals surface area contributed by atoms with Gasteiger partial charge >= 0.3 is 5.97 Å². The first-order chi connectivity index (χ1) is 18.6. The van der Waals surface area contributed by atoms with Gasteiger partial charge in [0, 0.05) is 12.8 Å². The number of benzene rings is 2. The van der Waals surface area contributed by atoms with Crippen molar-refractivity contribution >= 4 is 23.7 Å². The maximum Gasteiger partial charge on any atom is 0.326 e. The molecule has 0 radical (unpaired) electrons. The average molecular weight is 544 g/mol. The number of unbranched alkanes of at least 4 members (excludes halogenated alkanes) is 1.